The molecule has 0 saturated carbocycles. The van der Waals surface area contributed by atoms with E-state index in [2.05, 4.69) is 11.8 Å². The molecule has 2 aliphatic heterocycles. The molecular formula is C15H27NO3. The molecule has 2 aliphatic rings. The van der Waals surface area contributed by atoms with E-state index in [-0.39, 0.29) is 0 Å². The second-order valence-corrected chi connectivity index (χ2v) is 6.15. The second kappa shape index (κ2) is 6.71. The molecular weight excluding hydrogens is 242 g/mol. The summed E-state index contributed by atoms with van der Waals surface area (Å²) in [5.41, 5.74) is -0.665. The Morgan fingerprint density at radius 3 is 2.89 bits per heavy atom. The number of ether oxygens (including phenoxy) is 1. The summed E-state index contributed by atoms with van der Waals surface area (Å²) < 4.78 is 5.48. The molecule has 0 aliphatic carbocycles. The number of carboxylic acid groups (broad SMARTS) is 1. The van der Waals surface area contributed by atoms with E-state index in [1.165, 1.54) is 32.1 Å². The molecule has 0 aromatic carbocycles. The lowest BCUT2D eigenvalue weighted by molar-refractivity contribution is -0.160. The maximum Gasteiger partial charge on any atom is 0.313 e. The van der Waals surface area contributed by atoms with Gasteiger partial charge in [0.05, 0.1) is 6.61 Å². The highest BCUT2D eigenvalue weighted by Gasteiger charge is 2.43. The van der Waals surface area contributed by atoms with Crippen LogP contribution in [0.3, 0.4) is 0 Å². The van der Waals surface area contributed by atoms with Crippen LogP contribution >= 0.6 is 0 Å². The number of nitrogens with zero attached hydrogens (tertiary/aromatic N) is 1. The third-order valence-electron chi connectivity index (χ3n) is 4.65. The molecule has 4 heteroatoms. The van der Waals surface area contributed by atoms with Crippen molar-refractivity contribution in [2.24, 2.45) is 5.41 Å². The Balaban J connectivity index is 2.04. The Bertz CT molecular complexity index is 298. The molecule has 0 aromatic rings. The van der Waals surface area contributed by atoms with E-state index >= 15 is 0 Å². The van der Waals surface area contributed by atoms with Gasteiger partial charge in [0, 0.05) is 19.2 Å². The summed E-state index contributed by atoms with van der Waals surface area (Å²) in [5.74, 6) is -0.673. The topological polar surface area (TPSA) is 49.8 Å². The summed E-state index contributed by atoms with van der Waals surface area (Å²) in [6.07, 6.45) is 7.73. The van der Waals surface area contributed by atoms with Crippen LogP contribution in [0.15, 0.2) is 0 Å². The first-order valence-corrected chi connectivity index (χ1v) is 7.73. The highest BCUT2D eigenvalue weighted by molar-refractivity contribution is 5.75. The van der Waals surface area contributed by atoms with Crippen molar-refractivity contribution in [1.82, 2.24) is 4.90 Å². The van der Waals surface area contributed by atoms with E-state index in [0.29, 0.717) is 25.8 Å². The zero-order valence-corrected chi connectivity index (χ0v) is 12.1. The number of piperidine rings is 1. The summed E-state index contributed by atoms with van der Waals surface area (Å²) >= 11 is 0. The van der Waals surface area contributed by atoms with E-state index in [9.17, 15) is 9.90 Å². The van der Waals surface area contributed by atoms with Gasteiger partial charge in [0.25, 0.3) is 0 Å². The molecule has 2 saturated heterocycles. The Morgan fingerprint density at radius 2 is 2.26 bits per heavy atom. The molecule has 4 nitrogen and oxygen atoms in total. The molecule has 1 N–H and O–H groups in total. The smallest absolute Gasteiger partial charge is 0.313 e. The highest BCUT2D eigenvalue weighted by Crippen LogP contribution is 2.33. The zero-order chi connectivity index (χ0) is 13.7. The molecule has 110 valence electrons. The van der Waals surface area contributed by atoms with Gasteiger partial charge < -0.3 is 9.84 Å². The summed E-state index contributed by atoms with van der Waals surface area (Å²) in [5, 5.41) is 9.63. The van der Waals surface area contributed by atoms with E-state index in [0.717, 1.165) is 19.4 Å². The monoisotopic (exact) mass is 269 g/mol. The normalized spacial score (nSPS) is 33.2. The van der Waals surface area contributed by atoms with Crippen LogP contribution in [0.2, 0.25) is 0 Å². The van der Waals surface area contributed by atoms with Crippen molar-refractivity contribution >= 4 is 5.97 Å². The van der Waals surface area contributed by atoms with E-state index in [1.54, 1.807) is 0 Å². The van der Waals surface area contributed by atoms with Gasteiger partial charge >= 0.3 is 5.97 Å². The number of aliphatic carboxylic acids is 1. The van der Waals surface area contributed by atoms with Crippen molar-refractivity contribution in [3.8, 4) is 0 Å². The van der Waals surface area contributed by atoms with Crippen LogP contribution in [-0.4, -0.2) is 48.3 Å². The van der Waals surface area contributed by atoms with Crippen molar-refractivity contribution in [3.05, 3.63) is 0 Å². The molecule has 2 fully saturated rings. The predicted octanol–water partition coefficient (Wildman–Crippen LogP) is 2.52. The summed E-state index contributed by atoms with van der Waals surface area (Å²) in [6, 6.07) is 0.580. The molecule has 0 amide bonds. The lowest BCUT2D eigenvalue weighted by Crippen LogP contribution is -2.52. The molecule has 2 heterocycles. The van der Waals surface area contributed by atoms with Gasteiger partial charge in [-0.05, 0) is 38.6 Å². The number of carbonyl (C=O) groups is 1. The first kappa shape index (κ1) is 14.8. The molecule has 2 atom stereocenters. The molecule has 0 aromatic heterocycles. The highest BCUT2D eigenvalue weighted by atomic mass is 16.5. The standard InChI is InChI=1S/C15H27NO3/c1-2-6-13-7-3-4-9-16(13)11-15(14(17)18)8-5-10-19-12-15/h13H,2-12H2,1H3,(H,17,18). The number of hydrogen-bond acceptors (Lipinski definition) is 3. The van der Waals surface area contributed by atoms with E-state index in [4.69, 9.17) is 4.74 Å². The predicted molar refractivity (Wildman–Crippen MR) is 74.2 cm³/mol. The number of hydrogen-bond donors (Lipinski definition) is 1. The fourth-order valence-corrected chi connectivity index (χ4v) is 3.53. The average Bonchev–Trinajstić information content (AvgIpc) is 2.42. The number of likely N-dealkylation sites (tertiary alicyclic amines) is 1. The molecule has 2 rings (SSSR count). The van der Waals surface area contributed by atoms with Gasteiger partial charge in [0.2, 0.25) is 0 Å². The maximum absolute atomic E-state index is 11.7. The fourth-order valence-electron chi connectivity index (χ4n) is 3.53. The Labute approximate surface area is 116 Å². The van der Waals surface area contributed by atoms with Gasteiger partial charge in [-0.15, -0.1) is 0 Å². The quantitative estimate of drug-likeness (QED) is 0.833. The zero-order valence-electron chi connectivity index (χ0n) is 12.1. The first-order chi connectivity index (χ1) is 9.18. The fraction of sp³-hybridized carbons (Fsp3) is 0.933. The summed E-state index contributed by atoms with van der Waals surface area (Å²) in [6.45, 7) is 5.04. The third-order valence-corrected chi connectivity index (χ3v) is 4.65. The Morgan fingerprint density at radius 1 is 1.42 bits per heavy atom. The van der Waals surface area contributed by atoms with Crippen LogP contribution in [-0.2, 0) is 9.53 Å². The van der Waals surface area contributed by atoms with Crippen molar-refractivity contribution in [3.63, 3.8) is 0 Å². The molecule has 0 bridgehead atoms. The molecule has 2 unspecified atom stereocenters. The lowest BCUT2D eigenvalue weighted by atomic mass is 9.81. The SMILES string of the molecule is CCCC1CCCCN1CC1(C(=O)O)CCCOC1. The van der Waals surface area contributed by atoms with Crippen LogP contribution in [0.25, 0.3) is 0 Å². The van der Waals surface area contributed by atoms with Gasteiger partial charge in [0.1, 0.15) is 5.41 Å². The van der Waals surface area contributed by atoms with E-state index in [1.807, 2.05) is 0 Å². The third kappa shape index (κ3) is 3.48. The minimum absolute atomic E-state index is 0.387. The maximum atomic E-state index is 11.7. The van der Waals surface area contributed by atoms with Crippen molar-refractivity contribution in [2.45, 2.75) is 57.9 Å². The van der Waals surface area contributed by atoms with Gasteiger partial charge in [0.15, 0.2) is 0 Å². The minimum atomic E-state index is -0.673. The van der Waals surface area contributed by atoms with Crippen molar-refractivity contribution in [2.75, 3.05) is 26.3 Å². The second-order valence-electron chi connectivity index (χ2n) is 6.15. The summed E-state index contributed by atoms with van der Waals surface area (Å²) in [7, 11) is 0. The Kier molecular flexibility index (Phi) is 5.22. The van der Waals surface area contributed by atoms with E-state index < -0.39 is 11.4 Å². The lowest BCUT2D eigenvalue weighted by Gasteiger charge is -2.42. The van der Waals surface area contributed by atoms with Gasteiger partial charge in [-0.2, -0.15) is 0 Å². The molecule has 19 heavy (non-hydrogen) atoms. The van der Waals surface area contributed by atoms with Crippen LogP contribution < -0.4 is 0 Å². The van der Waals surface area contributed by atoms with Crippen LogP contribution in [0.1, 0.15) is 51.9 Å². The largest absolute Gasteiger partial charge is 0.481 e. The molecule has 0 radical (unpaired) electrons. The van der Waals surface area contributed by atoms with Crippen LogP contribution in [0, 0.1) is 5.41 Å². The van der Waals surface area contributed by atoms with Crippen LogP contribution in [0.4, 0.5) is 0 Å². The number of rotatable bonds is 5. The van der Waals surface area contributed by atoms with Crippen LogP contribution in [0.5, 0.6) is 0 Å². The number of carboxylic acids is 1. The van der Waals surface area contributed by atoms with Gasteiger partial charge in [-0.1, -0.05) is 19.8 Å². The van der Waals surface area contributed by atoms with Crippen molar-refractivity contribution in [1.29, 1.82) is 0 Å². The average molecular weight is 269 g/mol. The van der Waals surface area contributed by atoms with Crippen molar-refractivity contribution < 1.29 is 14.6 Å². The molecule has 0 spiro atoms. The minimum Gasteiger partial charge on any atom is -0.481 e. The Hall–Kier alpha value is -0.610. The van der Waals surface area contributed by atoms with Gasteiger partial charge in [-0.25, -0.2) is 0 Å². The summed E-state index contributed by atoms with van der Waals surface area (Å²) in [4.78, 5) is 14.1. The first-order valence-electron chi connectivity index (χ1n) is 7.73. The van der Waals surface area contributed by atoms with Gasteiger partial charge in [-0.3, -0.25) is 9.69 Å².